The van der Waals surface area contributed by atoms with Gasteiger partial charge in [-0.3, -0.25) is 0 Å². The van der Waals surface area contributed by atoms with Crippen molar-refractivity contribution in [3.63, 3.8) is 0 Å². The number of nitrogens with zero attached hydrogens (tertiary/aromatic N) is 3. The van der Waals surface area contributed by atoms with Gasteiger partial charge in [0, 0.05) is 6.20 Å². The Morgan fingerprint density at radius 1 is 1.31 bits per heavy atom. The van der Waals surface area contributed by atoms with E-state index in [-0.39, 0.29) is 11.0 Å². The molecule has 0 amide bonds. The van der Waals surface area contributed by atoms with E-state index >= 15 is 0 Å². The SMILES string of the molecule is CC(Cl)N(c1ccncn1)C(C)Cl. The number of alkyl halides is 2. The van der Waals surface area contributed by atoms with Crippen LogP contribution in [0.25, 0.3) is 0 Å². The molecule has 3 nitrogen and oxygen atoms in total. The van der Waals surface area contributed by atoms with Crippen LogP contribution in [0.2, 0.25) is 0 Å². The third-order valence-corrected chi connectivity index (χ3v) is 2.02. The van der Waals surface area contributed by atoms with E-state index in [1.54, 1.807) is 17.2 Å². The number of rotatable bonds is 3. The summed E-state index contributed by atoms with van der Waals surface area (Å²) in [6.45, 7) is 3.70. The van der Waals surface area contributed by atoms with E-state index < -0.39 is 0 Å². The highest BCUT2D eigenvalue weighted by Gasteiger charge is 2.17. The van der Waals surface area contributed by atoms with Gasteiger partial charge < -0.3 is 4.90 Å². The summed E-state index contributed by atoms with van der Waals surface area (Å²) < 4.78 is 0. The van der Waals surface area contributed by atoms with E-state index in [1.165, 1.54) is 6.33 Å². The van der Waals surface area contributed by atoms with Gasteiger partial charge >= 0.3 is 0 Å². The summed E-state index contributed by atoms with van der Waals surface area (Å²) in [6, 6.07) is 1.78. The average molecular weight is 220 g/mol. The molecule has 0 fully saturated rings. The Labute approximate surface area is 87.7 Å². The first-order valence-electron chi connectivity index (χ1n) is 3.95. The van der Waals surface area contributed by atoms with Crippen LogP contribution in [0.4, 0.5) is 5.82 Å². The summed E-state index contributed by atoms with van der Waals surface area (Å²) in [7, 11) is 0. The van der Waals surface area contributed by atoms with Crippen molar-refractivity contribution in [2.45, 2.75) is 24.8 Å². The lowest BCUT2D eigenvalue weighted by molar-refractivity contribution is 0.753. The van der Waals surface area contributed by atoms with Gasteiger partial charge in [0.05, 0.1) is 0 Å². The Kier molecular flexibility index (Phi) is 3.75. The normalized spacial score (nSPS) is 15.1. The van der Waals surface area contributed by atoms with Crippen LogP contribution in [0.3, 0.4) is 0 Å². The van der Waals surface area contributed by atoms with Crippen LogP contribution in [0.5, 0.6) is 0 Å². The van der Waals surface area contributed by atoms with Crippen molar-refractivity contribution < 1.29 is 0 Å². The molecule has 0 aliphatic heterocycles. The van der Waals surface area contributed by atoms with Crippen molar-refractivity contribution in [3.05, 3.63) is 18.6 Å². The second kappa shape index (κ2) is 4.63. The van der Waals surface area contributed by atoms with Crippen molar-refractivity contribution in [1.82, 2.24) is 9.97 Å². The molecule has 0 spiro atoms. The van der Waals surface area contributed by atoms with Crippen LogP contribution in [0.15, 0.2) is 18.6 Å². The summed E-state index contributed by atoms with van der Waals surface area (Å²) >= 11 is 11.9. The third-order valence-electron chi connectivity index (χ3n) is 1.60. The van der Waals surface area contributed by atoms with Crippen molar-refractivity contribution in [3.8, 4) is 0 Å². The van der Waals surface area contributed by atoms with Gasteiger partial charge in [-0.15, -0.1) is 0 Å². The molecular weight excluding hydrogens is 209 g/mol. The monoisotopic (exact) mass is 219 g/mol. The van der Waals surface area contributed by atoms with Gasteiger partial charge in [0.2, 0.25) is 0 Å². The lowest BCUT2D eigenvalue weighted by atomic mass is 10.4. The topological polar surface area (TPSA) is 29.0 Å². The van der Waals surface area contributed by atoms with Crippen molar-refractivity contribution in [1.29, 1.82) is 0 Å². The van der Waals surface area contributed by atoms with Gasteiger partial charge in [-0.1, -0.05) is 23.2 Å². The van der Waals surface area contributed by atoms with Gasteiger partial charge in [-0.2, -0.15) is 0 Å². The molecule has 1 heterocycles. The summed E-state index contributed by atoms with van der Waals surface area (Å²) in [6.07, 6.45) is 3.13. The Morgan fingerprint density at radius 2 is 1.92 bits per heavy atom. The van der Waals surface area contributed by atoms with E-state index in [1.807, 2.05) is 13.8 Å². The van der Waals surface area contributed by atoms with Crippen molar-refractivity contribution >= 4 is 29.0 Å². The first-order valence-corrected chi connectivity index (χ1v) is 4.82. The Morgan fingerprint density at radius 3 is 2.31 bits per heavy atom. The number of hydrogen-bond acceptors (Lipinski definition) is 3. The van der Waals surface area contributed by atoms with Crippen molar-refractivity contribution in [2.24, 2.45) is 0 Å². The second-order valence-electron chi connectivity index (χ2n) is 2.62. The van der Waals surface area contributed by atoms with Gasteiger partial charge in [0.15, 0.2) is 0 Å². The van der Waals surface area contributed by atoms with Gasteiger partial charge in [0.1, 0.15) is 23.1 Å². The molecule has 1 aromatic rings. The van der Waals surface area contributed by atoms with Gasteiger partial charge in [0.25, 0.3) is 0 Å². The minimum Gasteiger partial charge on any atom is -0.324 e. The van der Waals surface area contributed by atoms with Gasteiger partial charge in [-0.25, -0.2) is 9.97 Å². The maximum atomic E-state index is 5.95. The molecule has 5 heteroatoms. The number of aromatic nitrogens is 2. The van der Waals surface area contributed by atoms with E-state index in [9.17, 15) is 0 Å². The number of halogens is 2. The summed E-state index contributed by atoms with van der Waals surface area (Å²) in [5.41, 5.74) is -0.384. The van der Waals surface area contributed by atoms with Crippen LogP contribution in [0.1, 0.15) is 13.8 Å². The minimum atomic E-state index is -0.192. The fourth-order valence-electron chi connectivity index (χ4n) is 1.08. The number of anilines is 1. The minimum absolute atomic E-state index is 0.192. The molecule has 0 radical (unpaired) electrons. The lowest BCUT2D eigenvalue weighted by Gasteiger charge is -2.28. The first kappa shape index (κ1) is 10.5. The van der Waals surface area contributed by atoms with Crippen LogP contribution in [-0.2, 0) is 0 Å². The quantitative estimate of drug-likeness (QED) is 0.578. The molecule has 0 saturated carbocycles. The Hall–Kier alpha value is -0.540. The zero-order valence-corrected chi connectivity index (χ0v) is 9.00. The van der Waals surface area contributed by atoms with Crippen LogP contribution < -0.4 is 4.90 Å². The van der Waals surface area contributed by atoms with E-state index in [0.717, 1.165) is 5.82 Å². The maximum absolute atomic E-state index is 5.95. The first-order chi connectivity index (χ1) is 6.13. The highest BCUT2D eigenvalue weighted by Crippen LogP contribution is 2.20. The zero-order valence-electron chi connectivity index (χ0n) is 7.48. The molecule has 2 unspecified atom stereocenters. The molecule has 0 aliphatic rings. The van der Waals surface area contributed by atoms with E-state index in [2.05, 4.69) is 9.97 Å². The zero-order chi connectivity index (χ0) is 9.84. The molecule has 1 rings (SSSR count). The fourth-order valence-corrected chi connectivity index (χ4v) is 1.68. The fraction of sp³-hybridized carbons (Fsp3) is 0.500. The summed E-state index contributed by atoms with van der Waals surface area (Å²) in [5, 5.41) is 0. The molecule has 0 saturated heterocycles. The molecule has 0 N–H and O–H groups in total. The summed E-state index contributed by atoms with van der Waals surface area (Å²) in [5.74, 6) is 0.736. The highest BCUT2D eigenvalue weighted by molar-refractivity contribution is 6.25. The predicted octanol–water partition coefficient (Wildman–Crippen LogP) is 2.45. The second-order valence-corrected chi connectivity index (χ2v) is 3.89. The maximum Gasteiger partial charge on any atom is 0.134 e. The van der Waals surface area contributed by atoms with Crippen LogP contribution >= 0.6 is 23.2 Å². The van der Waals surface area contributed by atoms with Crippen LogP contribution in [-0.4, -0.2) is 21.0 Å². The Bertz CT molecular complexity index is 243. The Balaban J connectivity index is 2.89. The third kappa shape index (κ3) is 2.71. The average Bonchev–Trinajstić information content (AvgIpc) is 2.04. The van der Waals surface area contributed by atoms with Crippen molar-refractivity contribution in [2.75, 3.05) is 4.90 Å². The van der Waals surface area contributed by atoms with E-state index in [4.69, 9.17) is 23.2 Å². The molecule has 72 valence electrons. The summed E-state index contributed by atoms with van der Waals surface area (Å²) in [4.78, 5) is 9.69. The van der Waals surface area contributed by atoms with E-state index in [0.29, 0.717) is 0 Å². The standard InChI is InChI=1S/C8H11Cl2N3/c1-6(9)13(7(2)10)8-3-4-11-5-12-8/h3-7H,1-2H3. The molecule has 2 atom stereocenters. The molecule has 0 bridgehead atoms. The smallest absolute Gasteiger partial charge is 0.134 e. The lowest BCUT2D eigenvalue weighted by Crippen LogP contribution is -2.34. The predicted molar refractivity (Wildman–Crippen MR) is 55.1 cm³/mol. The molecule has 0 aromatic carbocycles. The number of hydrogen-bond donors (Lipinski definition) is 0. The largest absolute Gasteiger partial charge is 0.324 e. The molecule has 13 heavy (non-hydrogen) atoms. The molecule has 1 aromatic heterocycles. The molecular formula is C8H11Cl2N3. The van der Waals surface area contributed by atoms with Gasteiger partial charge in [-0.05, 0) is 19.9 Å². The molecule has 0 aliphatic carbocycles. The highest BCUT2D eigenvalue weighted by atomic mass is 35.5. The van der Waals surface area contributed by atoms with Crippen LogP contribution in [0, 0.1) is 0 Å².